The molecule has 9 aromatic carbocycles. The number of amides is 6. The number of hydrogen-bond donors (Lipinski definition) is 13. The lowest BCUT2D eigenvalue weighted by Gasteiger charge is -2.34. The fraction of sp³-hybridized carbons (Fsp3) is 0.257. The third kappa shape index (κ3) is 26.5. The summed E-state index contributed by atoms with van der Waals surface area (Å²) in [5, 5.41) is 31.2. The zero-order valence-electron chi connectivity index (χ0n) is 76.5. The average molecular weight is 1960 g/mol. The van der Waals surface area contributed by atoms with E-state index in [1.807, 2.05) is 179 Å². The van der Waals surface area contributed by atoms with Crippen molar-refractivity contribution in [2.75, 3.05) is 58.5 Å². The molecule has 2 saturated carbocycles. The summed E-state index contributed by atoms with van der Waals surface area (Å²) in [6.07, 6.45) is 13.8. The standard InChI is InChI=1S/C22H25ClN4O.C20H21ClN2O3.C19H17ClN2O.C16H19ClN2O.C14H13ClN4O.C14H12ClN3O2/c1-15(16-3-6-19(7-4-16)27-11-9-26(2)10-12-27)24-22(28)21-14-17-13-18(23)5-8-20(17)25-21;1-13(14-3-6-17(7-4-14)26-10-9-25-2)22-20(24)19-12-15-11-16(21)5-8-18(15)23-19;20-15-8-9-16-14(10-15)11-17(21-16)19(23)22-18(13-6-7-13)12-4-2-1-3-5-12;1-10(11-4-2-3-5-11)18-16(20)15-9-12-8-13(17)6-7-14(12)19-15;1-8(13-16-4-5-17-13)18-14(20)12-7-9-6-10(15)2-3-11(9)19-12;1-8(10-6-16-20-7-10)17-14(19)13-5-9-4-11(15)2-3-12(9)18-13/h3-8,13-15,25H,9-12H2,1-2H3,(H,24,28);3-8,11-13,23H,9-10H2,1-2H3,(H,22,24);1-5,8-11,13,18,21H,6-7H2,(H,22,23);6-11,19H,2-5H2,1H3,(H,18,20);2-8,19H,1H3,(H,16,17)(H,18,20);2-8,18H,1H3,(H,17,19). The normalized spacial score (nSPS) is 14.4. The molecule has 17 aromatic rings. The van der Waals surface area contributed by atoms with Gasteiger partial charge < -0.3 is 90.6 Å². The summed E-state index contributed by atoms with van der Waals surface area (Å²) in [6, 6.07) is 70.1. The van der Waals surface area contributed by atoms with E-state index in [9.17, 15) is 28.8 Å². The monoisotopic (exact) mass is 1960 g/mol. The summed E-state index contributed by atoms with van der Waals surface area (Å²) in [5.74, 6) is 1.91. The number of ether oxygens (including phenoxy) is 2. The van der Waals surface area contributed by atoms with Crippen molar-refractivity contribution in [1.82, 2.24) is 81.8 Å². The van der Waals surface area contributed by atoms with Gasteiger partial charge in [0.25, 0.3) is 35.4 Å². The summed E-state index contributed by atoms with van der Waals surface area (Å²) in [5.41, 5.74) is 13.9. The van der Waals surface area contributed by atoms with Gasteiger partial charge >= 0.3 is 0 Å². The minimum absolute atomic E-state index is 0.0308. The van der Waals surface area contributed by atoms with E-state index in [2.05, 4.69) is 137 Å². The number of carbonyl (C=O) groups excluding carboxylic acids is 6. The second-order valence-corrected chi connectivity index (χ2v) is 37.1. The van der Waals surface area contributed by atoms with E-state index in [1.54, 1.807) is 62.1 Å². The van der Waals surface area contributed by atoms with Gasteiger partial charge in [-0.15, -0.1) is 0 Å². The van der Waals surface area contributed by atoms with E-state index in [1.165, 1.54) is 56.0 Å². The minimum Gasteiger partial charge on any atom is -0.491 e. The van der Waals surface area contributed by atoms with Crippen LogP contribution in [0.15, 0.2) is 254 Å². The van der Waals surface area contributed by atoms with Gasteiger partial charge in [0.15, 0.2) is 0 Å². The molecule has 20 rings (SSSR count). The van der Waals surface area contributed by atoms with E-state index in [0.29, 0.717) is 89.3 Å². The molecule has 0 spiro atoms. The molecule has 8 aromatic heterocycles. The van der Waals surface area contributed by atoms with E-state index >= 15 is 0 Å². The number of H-pyrrole nitrogens is 7. The van der Waals surface area contributed by atoms with E-state index in [0.717, 1.165) is 120 Å². The van der Waals surface area contributed by atoms with E-state index in [4.69, 9.17) is 83.6 Å². The van der Waals surface area contributed by atoms with Gasteiger partial charge in [-0.3, -0.25) is 28.8 Å². The SMILES string of the molecule is CC(NC(=O)c1cc2cc(Cl)ccc2[nH]1)C1CCCC1.CC(NC(=O)c1cc2cc(Cl)ccc2[nH]1)c1ccc(N2CCN(C)CC2)cc1.CC(NC(=O)c1cc2cc(Cl)ccc2[nH]1)c1cnoc1.CC(NC(=O)c1cc2cc(Cl)ccc2[nH]1)c1ncc[nH]1.COCCOc1ccc(C(C)NC(=O)c2cc3cc(Cl)ccc3[nH]2)cc1.O=C(NC(c1ccccc1)C1CC1)c1cc2cc(Cl)ccc2[nH]1. The number of nitrogens with zero attached hydrogens (tertiary/aromatic N) is 4. The number of fused-ring (bicyclic) bond motifs is 6. The van der Waals surface area contributed by atoms with Crippen LogP contribution in [-0.2, 0) is 4.74 Å². The number of piperazine rings is 1. The Balaban J connectivity index is 0.000000125. The van der Waals surface area contributed by atoms with Crippen LogP contribution in [0.5, 0.6) is 5.75 Å². The van der Waals surface area contributed by atoms with Crippen LogP contribution in [0.25, 0.3) is 65.4 Å². The highest BCUT2D eigenvalue weighted by Crippen LogP contribution is 2.42. The van der Waals surface area contributed by atoms with Gasteiger partial charge in [-0.25, -0.2) is 4.98 Å². The quantitative estimate of drug-likeness (QED) is 0.0251. The van der Waals surface area contributed by atoms with Crippen molar-refractivity contribution in [2.24, 2.45) is 11.8 Å². The first-order valence-electron chi connectivity index (χ1n) is 45.4. The molecule has 6 unspecified atom stereocenters. The molecule has 0 bridgehead atoms. The Bertz CT molecular complexity index is 6850. The zero-order chi connectivity index (χ0) is 96.3. The molecule has 6 atom stereocenters. The number of nitrogens with one attached hydrogen (secondary N) is 13. The van der Waals surface area contributed by atoms with Gasteiger partial charge in [-0.05, 0) is 266 Å². The van der Waals surface area contributed by atoms with Crippen molar-refractivity contribution in [1.29, 1.82) is 0 Å². The maximum absolute atomic E-state index is 12.6. The van der Waals surface area contributed by atoms with Crippen LogP contribution < -0.4 is 41.5 Å². The Kier molecular flexibility index (Phi) is 33.0. The van der Waals surface area contributed by atoms with Crippen LogP contribution in [0.2, 0.25) is 30.1 Å². The highest BCUT2D eigenvalue weighted by atomic mass is 35.5. The van der Waals surface area contributed by atoms with E-state index in [-0.39, 0.29) is 71.7 Å². The molecule has 3 fully saturated rings. The molecule has 0 radical (unpaired) electrons. The highest BCUT2D eigenvalue weighted by molar-refractivity contribution is 6.33. The minimum atomic E-state index is -0.189. The molecular formula is C105H107Cl6N17O9. The van der Waals surface area contributed by atoms with Crippen LogP contribution in [-0.4, -0.2) is 145 Å². The molecular weight excluding hydrogens is 1860 g/mol. The van der Waals surface area contributed by atoms with Crippen molar-refractivity contribution in [2.45, 2.75) is 109 Å². The molecule has 3 aliphatic rings. The van der Waals surface area contributed by atoms with Crippen molar-refractivity contribution < 1.29 is 42.8 Å². The van der Waals surface area contributed by atoms with E-state index < -0.39 is 0 Å². The fourth-order valence-electron chi connectivity index (χ4n) is 16.5. The smallest absolute Gasteiger partial charge is 0.268 e. The maximum Gasteiger partial charge on any atom is 0.268 e. The lowest BCUT2D eigenvalue weighted by Crippen LogP contribution is -2.44. The van der Waals surface area contributed by atoms with Gasteiger partial charge in [0.05, 0.1) is 43.0 Å². The van der Waals surface area contributed by atoms with Gasteiger partial charge in [-0.1, -0.05) is 142 Å². The van der Waals surface area contributed by atoms with Crippen molar-refractivity contribution in [3.63, 3.8) is 0 Å². The largest absolute Gasteiger partial charge is 0.491 e. The van der Waals surface area contributed by atoms with Crippen molar-refractivity contribution >= 4 is 176 Å². The number of benzene rings is 9. The predicted molar refractivity (Wildman–Crippen MR) is 547 cm³/mol. The molecule has 32 heteroatoms. The number of rotatable bonds is 24. The van der Waals surface area contributed by atoms with Crippen LogP contribution in [0, 0.1) is 11.8 Å². The molecule has 26 nitrogen and oxygen atoms in total. The number of imidazole rings is 1. The fourth-order valence-corrected chi connectivity index (χ4v) is 17.6. The number of halogens is 6. The summed E-state index contributed by atoms with van der Waals surface area (Å²) in [6.45, 7) is 15.1. The zero-order valence-corrected chi connectivity index (χ0v) is 81.0. The predicted octanol–water partition coefficient (Wildman–Crippen LogP) is 23.6. The number of methoxy groups -OCH3 is 1. The molecule has 6 amide bonds. The van der Waals surface area contributed by atoms with Gasteiger partial charge in [0.1, 0.15) is 58.6 Å². The molecule has 2 aliphatic carbocycles. The summed E-state index contributed by atoms with van der Waals surface area (Å²) in [7, 11) is 3.80. The number of hydrogen-bond acceptors (Lipinski definition) is 13. The highest BCUT2D eigenvalue weighted by Gasteiger charge is 2.34. The first-order valence-corrected chi connectivity index (χ1v) is 47.7. The Hall–Kier alpha value is -13.3. The number of aromatic amines is 7. The molecule has 1 saturated heterocycles. The Morgan fingerprint density at radius 1 is 0.401 bits per heavy atom. The summed E-state index contributed by atoms with van der Waals surface area (Å²) < 4.78 is 15.3. The number of anilines is 1. The lowest BCUT2D eigenvalue weighted by molar-refractivity contribution is 0.0916. The molecule has 1 aliphatic heterocycles. The first-order chi connectivity index (χ1) is 66.2. The van der Waals surface area contributed by atoms with Gasteiger partial charge in [0, 0.05) is 159 Å². The van der Waals surface area contributed by atoms with Crippen molar-refractivity contribution in [3.05, 3.63) is 342 Å². The van der Waals surface area contributed by atoms with Gasteiger partial charge in [-0.2, -0.15) is 0 Å². The molecule has 13 N–H and O–H groups in total. The third-order valence-corrected chi connectivity index (χ3v) is 25.8. The Morgan fingerprint density at radius 3 is 1.12 bits per heavy atom. The van der Waals surface area contributed by atoms with Crippen LogP contribution in [0.3, 0.4) is 0 Å². The lowest BCUT2D eigenvalue weighted by atomic mass is 10.00. The number of aromatic nitrogens is 9. The van der Waals surface area contributed by atoms with Crippen molar-refractivity contribution in [3.8, 4) is 5.75 Å². The van der Waals surface area contributed by atoms with Gasteiger partial charge in [0.2, 0.25) is 0 Å². The Labute approximate surface area is 822 Å². The van der Waals surface area contributed by atoms with Crippen LogP contribution in [0.1, 0.15) is 194 Å². The summed E-state index contributed by atoms with van der Waals surface area (Å²) >= 11 is 35.9. The molecule has 137 heavy (non-hydrogen) atoms. The maximum atomic E-state index is 12.6. The topological polar surface area (TPSA) is 349 Å². The second kappa shape index (κ2) is 46.0. The number of likely N-dealkylation sites (N-methyl/N-ethyl adjacent to an activating group) is 1. The van der Waals surface area contributed by atoms with Crippen LogP contribution >= 0.6 is 69.6 Å². The van der Waals surface area contributed by atoms with Crippen LogP contribution in [0.4, 0.5) is 5.69 Å². The summed E-state index contributed by atoms with van der Waals surface area (Å²) in [4.78, 5) is 105. The third-order valence-electron chi connectivity index (χ3n) is 24.4. The number of carbonyl (C=O) groups is 6. The molecule has 9 heterocycles. The Morgan fingerprint density at radius 2 is 0.766 bits per heavy atom. The average Bonchev–Trinajstić information content (AvgIpc) is 1.68. The molecule has 708 valence electrons. The first kappa shape index (κ1) is 98.2. The second-order valence-electron chi connectivity index (χ2n) is 34.5.